The number of ether oxygens (including phenoxy) is 3. The molecule has 0 fully saturated rings. The van der Waals surface area contributed by atoms with Crippen molar-refractivity contribution in [3.05, 3.63) is 59.8 Å². The monoisotopic (exact) mass is 402 g/mol. The zero-order chi connectivity index (χ0) is 19.9. The summed E-state index contributed by atoms with van der Waals surface area (Å²) >= 11 is 0. The number of hydrogen-bond donors (Lipinski definition) is 1. The molecular weight excluding hydrogens is 376 g/mol. The van der Waals surface area contributed by atoms with E-state index >= 15 is 0 Å². The van der Waals surface area contributed by atoms with E-state index in [1.54, 1.807) is 0 Å². The number of nitrogens with zero attached hydrogens (tertiary/aromatic N) is 1. The van der Waals surface area contributed by atoms with Crippen LogP contribution in [0, 0.1) is 0 Å². The Balaban J connectivity index is 1.15. The van der Waals surface area contributed by atoms with E-state index in [2.05, 4.69) is 46.4 Å². The number of benzene rings is 2. The van der Waals surface area contributed by atoms with Crippen molar-refractivity contribution >= 4 is 16.5 Å². The van der Waals surface area contributed by atoms with E-state index in [1.807, 2.05) is 12.1 Å². The van der Waals surface area contributed by atoms with Gasteiger partial charge in [0.05, 0.1) is 6.61 Å². The zero-order valence-electron chi connectivity index (χ0n) is 17.0. The van der Waals surface area contributed by atoms with Crippen molar-refractivity contribution in [3.8, 4) is 17.2 Å². The quantitative estimate of drug-likeness (QED) is 0.704. The summed E-state index contributed by atoms with van der Waals surface area (Å²) in [5, 5.41) is 1.31. The van der Waals surface area contributed by atoms with Crippen LogP contribution in [0.5, 0.6) is 17.2 Å². The van der Waals surface area contributed by atoms with Crippen molar-refractivity contribution in [2.24, 2.45) is 0 Å². The van der Waals surface area contributed by atoms with Crippen LogP contribution in [-0.2, 0) is 6.42 Å². The highest BCUT2D eigenvalue weighted by Crippen LogP contribution is 2.42. The fourth-order valence-corrected chi connectivity index (χ4v) is 4.85. The molecule has 6 rings (SSSR count). The van der Waals surface area contributed by atoms with Crippen LogP contribution in [0.1, 0.15) is 24.0 Å². The van der Waals surface area contributed by atoms with Gasteiger partial charge < -0.3 is 19.2 Å². The van der Waals surface area contributed by atoms with Crippen molar-refractivity contribution in [3.63, 3.8) is 0 Å². The molecular formula is C25H26N2O3. The fraction of sp³-hybridized carbons (Fsp3) is 0.360. The topological polar surface area (TPSA) is 46.7 Å². The Hall–Kier alpha value is -2.92. The van der Waals surface area contributed by atoms with Crippen LogP contribution in [0.3, 0.4) is 0 Å². The molecule has 2 aromatic carbocycles. The van der Waals surface area contributed by atoms with Crippen LogP contribution in [0.4, 0.5) is 0 Å². The van der Waals surface area contributed by atoms with E-state index in [0.29, 0.717) is 6.61 Å². The summed E-state index contributed by atoms with van der Waals surface area (Å²) in [7, 11) is 0. The standard InChI is InChI=1S/C25H26N2O3/c1-2-6-22-19(4-1)21(14-26-22)17-9-11-27(12-10-17)15-18-16-29-24-8-7-23-20(25(24)30-18)5-3-13-28-23/h1-2,4,6-9,14,18,26H,3,5,10-13,15-16H2. The van der Waals surface area contributed by atoms with Crippen molar-refractivity contribution in [2.45, 2.75) is 25.4 Å². The number of H-pyrrole nitrogens is 1. The number of fused-ring (bicyclic) bond motifs is 4. The Labute approximate surface area is 176 Å². The molecule has 0 amide bonds. The molecule has 3 aliphatic heterocycles. The molecule has 0 spiro atoms. The SMILES string of the molecule is C1=C(c2c[nH]c3ccccc23)CCN(CC2COc3ccc4c(c3O2)CCCO4)C1. The highest BCUT2D eigenvalue weighted by atomic mass is 16.6. The highest BCUT2D eigenvalue weighted by Gasteiger charge is 2.29. The Morgan fingerprint density at radius 2 is 1.97 bits per heavy atom. The van der Waals surface area contributed by atoms with Crippen molar-refractivity contribution in [1.29, 1.82) is 0 Å². The lowest BCUT2D eigenvalue weighted by atomic mass is 9.98. The van der Waals surface area contributed by atoms with E-state index in [1.165, 1.54) is 27.6 Å². The molecule has 0 saturated heterocycles. The maximum atomic E-state index is 6.42. The molecule has 3 aliphatic rings. The molecule has 0 saturated carbocycles. The lowest BCUT2D eigenvalue weighted by Crippen LogP contribution is -2.42. The van der Waals surface area contributed by atoms with E-state index in [4.69, 9.17) is 14.2 Å². The van der Waals surface area contributed by atoms with Crippen molar-refractivity contribution in [2.75, 3.05) is 32.8 Å². The van der Waals surface area contributed by atoms with Gasteiger partial charge in [-0.1, -0.05) is 24.3 Å². The number of nitrogens with one attached hydrogen (secondary N) is 1. The van der Waals surface area contributed by atoms with E-state index in [-0.39, 0.29) is 6.10 Å². The van der Waals surface area contributed by atoms with E-state index < -0.39 is 0 Å². The molecule has 154 valence electrons. The van der Waals surface area contributed by atoms with Crippen LogP contribution < -0.4 is 14.2 Å². The molecule has 0 bridgehead atoms. The van der Waals surface area contributed by atoms with Gasteiger partial charge in [-0.15, -0.1) is 0 Å². The van der Waals surface area contributed by atoms with Gasteiger partial charge in [-0.25, -0.2) is 0 Å². The Bertz CT molecular complexity index is 1120. The van der Waals surface area contributed by atoms with Gasteiger partial charge in [0.2, 0.25) is 0 Å². The first-order valence-corrected chi connectivity index (χ1v) is 10.9. The van der Waals surface area contributed by atoms with Crippen molar-refractivity contribution < 1.29 is 14.2 Å². The minimum absolute atomic E-state index is 0.0500. The smallest absolute Gasteiger partial charge is 0.168 e. The minimum atomic E-state index is 0.0500. The fourth-order valence-electron chi connectivity index (χ4n) is 4.85. The minimum Gasteiger partial charge on any atom is -0.493 e. The van der Waals surface area contributed by atoms with Crippen molar-refractivity contribution in [1.82, 2.24) is 9.88 Å². The lowest BCUT2D eigenvalue weighted by Gasteiger charge is -2.34. The molecule has 0 radical (unpaired) electrons. The van der Waals surface area contributed by atoms with Gasteiger partial charge in [-0.3, -0.25) is 4.90 Å². The predicted octanol–water partition coefficient (Wildman–Crippen LogP) is 4.42. The Morgan fingerprint density at radius 1 is 1.03 bits per heavy atom. The number of rotatable bonds is 3. The molecule has 5 nitrogen and oxygen atoms in total. The molecule has 0 aliphatic carbocycles. The third kappa shape index (κ3) is 3.14. The number of hydrogen-bond acceptors (Lipinski definition) is 4. The maximum absolute atomic E-state index is 6.42. The third-order valence-corrected chi connectivity index (χ3v) is 6.41. The maximum Gasteiger partial charge on any atom is 0.168 e. The van der Waals surface area contributed by atoms with Gasteiger partial charge in [0.1, 0.15) is 18.5 Å². The largest absolute Gasteiger partial charge is 0.493 e. The summed E-state index contributed by atoms with van der Waals surface area (Å²) in [4.78, 5) is 5.86. The number of aromatic amines is 1. The van der Waals surface area contributed by atoms with Gasteiger partial charge >= 0.3 is 0 Å². The second kappa shape index (κ2) is 7.40. The molecule has 30 heavy (non-hydrogen) atoms. The molecule has 1 N–H and O–H groups in total. The first-order chi connectivity index (χ1) is 14.8. The second-order valence-electron chi connectivity index (χ2n) is 8.36. The third-order valence-electron chi connectivity index (χ3n) is 6.41. The molecule has 1 aromatic heterocycles. The van der Waals surface area contributed by atoms with Crippen LogP contribution >= 0.6 is 0 Å². The molecule has 1 unspecified atom stereocenters. The molecule has 3 aromatic rings. The summed E-state index contributed by atoms with van der Waals surface area (Å²) in [6.45, 7) is 4.24. The zero-order valence-corrected chi connectivity index (χ0v) is 17.0. The highest BCUT2D eigenvalue weighted by molar-refractivity contribution is 5.92. The lowest BCUT2D eigenvalue weighted by molar-refractivity contribution is 0.0595. The van der Waals surface area contributed by atoms with Gasteiger partial charge in [0.25, 0.3) is 0 Å². The summed E-state index contributed by atoms with van der Waals surface area (Å²) in [5.41, 5.74) is 5.14. The number of para-hydroxylation sites is 1. The summed E-state index contributed by atoms with van der Waals surface area (Å²) in [6.07, 6.45) is 7.64. The van der Waals surface area contributed by atoms with Crippen LogP contribution in [-0.4, -0.2) is 48.8 Å². The van der Waals surface area contributed by atoms with Crippen LogP contribution in [0.2, 0.25) is 0 Å². The Morgan fingerprint density at radius 3 is 2.90 bits per heavy atom. The summed E-state index contributed by atoms with van der Waals surface area (Å²) < 4.78 is 18.3. The van der Waals surface area contributed by atoms with Gasteiger partial charge in [-0.05, 0) is 43.0 Å². The molecule has 1 atom stereocenters. The Kier molecular flexibility index (Phi) is 4.42. The van der Waals surface area contributed by atoms with Gasteiger partial charge in [-0.2, -0.15) is 0 Å². The average Bonchev–Trinajstić information content (AvgIpc) is 3.24. The summed E-state index contributed by atoms with van der Waals surface area (Å²) in [6, 6.07) is 12.5. The van der Waals surface area contributed by atoms with Gasteiger partial charge in [0, 0.05) is 47.9 Å². The van der Waals surface area contributed by atoms with Gasteiger partial charge in [0.15, 0.2) is 11.5 Å². The van der Waals surface area contributed by atoms with Crippen LogP contribution in [0.15, 0.2) is 48.7 Å². The predicted molar refractivity (Wildman–Crippen MR) is 118 cm³/mol. The second-order valence-corrected chi connectivity index (χ2v) is 8.36. The molecule has 4 heterocycles. The number of aromatic nitrogens is 1. The molecule has 5 heteroatoms. The van der Waals surface area contributed by atoms with E-state index in [9.17, 15) is 0 Å². The normalized spacial score (nSPS) is 21.1. The van der Waals surface area contributed by atoms with Crippen LogP contribution in [0.25, 0.3) is 16.5 Å². The first kappa shape index (κ1) is 17.9. The summed E-state index contributed by atoms with van der Waals surface area (Å²) in [5.74, 6) is 2.71. The van der Waals surface area contributed by atoms with E-state index in [0.717, 1.165) is 62.8 Å². The first-order valence-electron chi connectivity index (χ1n) is 10.9. The average molecular weight is 402 g/mol.